The van der Waals surface area contributed by atoms with E-state index < -0.39 is 0 Å². The van der Waals surface area contributed by atoms with Gasteiger partial charge in [-0.05, 0) is 52.3 Å². The number of hydrogen-bond acceptors (Lipinski definition) is 8. The molecule has 1 fully saturated rings. The molecule has 9 nitrogen and oxygen atoms in total. The number of rotatable bonds is 7. The van der Waals surface area contributed by atoms with E-state index in [1.807, 2.05) is 39.8 Å². The Morgan fingerprint density at radius 3 is 2.74 bits per heavy atom. The molecule has 0 spiro atoms. The van der Waals surface area contributed by atoms with E-state index in [2.05, 4.69) is 25.7 Å². The molecule has 1 atom stereocenters. The van der Waals surface area contributed by atoms with Crippen LogP contribution in [0.4, 0.5) is 21.7 Å². The summed E-state index contributed by atoms with van der Waals surface area (Å²) in [5, 5.41) is 10.9. The average molecular weight is 481 g/mol. The van der Waals surface area contributed by atoms with E-state index in [1.54, 1.807) is 28.9 Å². The third-order valence-electron chi connectivity index (χ3n) is 5.53. The molecule has 4 aromatic rings. The molecule has 1 aliphatic heterocycles. The summed E-state index contributed by atoms with van der Waals surface area (Å²) < 4.78 is 33.9. The summed E-state index contributed by atoms with van der Waals surface area (Å²) >= 11 is 0. The minimum absolute atomic E-state index is 0.000251. The topological polar surface area (TPSA) is 98.7 Å². The maximum absolute atomic E-state index is 15.3. The Morgan fingerprint density at radius 2 is 2.03 bits per heavy atom. The standard InChI is InChI=1S/C25H29FN6O3/c1-15-8-9-20(35-15)23-30-24(31-25(2,3)4)29-22-19(12-27-32(22)23)28-18-7-5-6-16(21(18)26)13-34-17-10-11-33-14-17/h5-9,12,17,28H,10-11,13-14H2,1-4H3,(H,29,31). The molecule has 4 heterocycles. The van der Waals surface area contributed by atoms with Crippen LogP contribution in [0.2, 0.25) is 0 Å². The minimum atomic E-state index is -0.380. The summed E-state index contributed by atoms with van der Waals surface area (Å²) in [5.41, 5.74) is 1.53. The van der Waals surface area contributed by atoms with Gasteiger partial charge >= 0.3 is 0 Å². The predicted octanol–water partition coefficient (Wildman–Crippen LogP) is 5.09. The molecular formula is C25H29FN6O3. The van der Waals surface area contributed by atoms with Gasteiger partial charge in [-0.25, -0.2) is 4.39 Å². The van der Waals surface area contributed by atoms with Gasteiger partial charge in [0.1, 0.15) is 11.4 Å². The molecule has 184 valence electrons. The molecule has 1 saturated heterocycles. The van der Waals surface area contributed by atoms with Gasteiger partial charge in [0.25, 0.3) is 0 Å². The molecule has 0 bridgehead atoms. The second kappa shape index (κ2) is 9.27. The molecule has 35 heavy (non-hydrogen) atoms. The average Bonchev–Trinajstić information content (AvgIpc) is 3.55. The van der Waals surface area contributed by atoms with Gasteiger partial charge in [-0.1, -0.05) is 12.1 Å². The van der Waals surface area contributed by atoms with Crippen LogP contribution in [0.25, 0.3) is 17.2 Å². The molecule has 0 radical (unpaired) electrons. The number of benzene rings is 1. The van der Waals surface area contributed by atoms with E-state index in [0.717, 1.165) is 12.2 Å². The van der Waals surface area contributed by atoms with E-state index in [1.165, 1.54) is 0 Å². The lowest BCUT2D eigenvalue weighted by molar-refractivity contribution is 0.0305. The molecule has 0 saturated carbocycles. The summed E-state index contributed by atoms with van der Waals surface area (Å²) in [6.45, 7) is 9.33. The van der Waals surface area contributed by atoms with Crippen molar-refractivity contribution in [3.8, 4) is 11.6 Å². The quantitative estimate of drug-likeness (QED) is 0.377. The third-order valence-corrected chi connectivity index (χ3v) is 5.53. The molecule has 0 aliphatic carbocycles. The number of nitrogens with zero attached hydrogens (tertiary/aromatic N) is 4. The first-order valence-electron chi connectivity index (χ1n) is 11.6. The lowest BCUT2D eigenvalue weighted by Crippen LogP contribution is -2.27. The number of fused-ring (bicyclic) bond motifs is 1. The van der Waals surface area contributed by atoms with Crippen molar-refractivity contribution in [2.24, 2.45) is 0 Å². The molecule has 3 aromatic heterocycles. The van der Waals surface area contributed by atoms with Crippen molar-refractivity contribution < 1.29 is 18.3 Å². The lowest BCUT2D eigenvalue weighted by Gasteiger charge is -2.20. The summed E-state index contributed by atoms with van der Waals surface area (Å²) in [6, 6.07) is 8.89. The van der Waals surface area contributed by atoms with Crippen molar-refractivity contribution in [3.05, 3.63) is 53.7 Å². The number of aryl methyl sites for hydroxylation is 1. The zero-order chi connectivity index (χ0) is 24.6. The Morgan fingerprint density at radius 1 is 1.17 bits per heavy atom. The largest absolute Gasteiger partial charge is 0.458 e. The fraction of sp³-hybridized carbons (Fsp3) is 0.400. The highest BCUT2D eigenvalue weighted by Gasteiger charge is 2.21. The summed E-state index contributed by atoms with van der Waals surface area (Å²) in [5.74, 6) is 1.84. The fourth-order valence-corrected chi connectivity index (χ4v) is 3.86. The number of furan rings is 1. The summed E-state index contributed by atoms with van der Waals surface area (Å²) in [7, 11) is 0. The first kappa shape index (κ1) is 23.3. The highest BCUT2D eigenvalue weighted by atomic mass is 19.1. The van der Waals surface area contributed by atoms with Crippen LogP contribution < -0.4 is 10.6 Å². The predicted molar refractivity (Wildman–Crippen MR) is 130 cm³/mol. The van der Waals surface area contributed by atoms with Crippen LogP contribution in [0.1, 0.15) is 38.5 Å². The number of hydrogen-bond donors (Lipinski definition) is 2. The molecular weight excluding hydrogens is 451 g/mol. The van der Waals surface area contributed by atoms with Crippen molar-refractivity contribution in [1.82, 2.24) is 19.6 Å². The monoisotopic (exact) mass is 480 g/mol. The Kier molecular flexibility index (Phi) is 6.16. The van der Waals surface area contributed by atoms with Crippen molar-refractivity contribution >= 4 is 23.0 Å². The molecule has 5 rings (SSSR count). The van der Waals surface area contributed by atoms with Crippen molar-refractivity contribution in [2.75, 3.05) is 23.8 Å². The van der Waals surface area contributed by atoms with Gasteiger partial charge < -0.3 is 24.5 Å². The number of halogens is 1. The zero-order valence-corrected chi connectivity index (χ0v) is 20.3. The minimum Gasteiger partial charge on any atom is -0.458 e. The van der Waals surface area contributed by atoms with Gasteiger partial charge in [0.05, 0.1) is 31.2 Å². The van der Waals surface area contributed by atoms with Gasteiger partial charge in [0.15, 0.2) is 17.2 Å². The van der Waals surface area contributed by atoms with E-state index in [9.17, 15) is 0 Å². The van der Waals surface area contributed by atoms with Crippen molar-refractivity contribution in [3.63, 3.8) is 0 Å². The van der Waals surface area contributed by atoms with Crippen molar-refractivity contribution in [1.29, 1.82) is 0 Å². The number of ether oxygens (including phenoxy) is 2. The Bertz CT molecular complexity index is 1340. The maximum Gasteiger partial charge on any atom is 0.227 e. The highest BCUT2D eigenvalue weighted by Crippen LogP contribution is 2.29. The molecule has 2 N–H and O–H groups in total. The highest BCUT2D eigenvalue weighted by molar-refractivity contribution is 5.76. The first-order chi connectivity index (χ1) is 16.8. The van der Waals surface area contributed by atoms with Crippen molar-refractivity contribution in [2.45, 2.75) is 52.4 Å². The molecule has 10 heteroatoms. The second-order valence-corrected chi connectivity index (χ2v) is 9.65. The smallest absolute Gasteiger partial charge is 0.227 e. The summed E-state index contributed by atoms with van der Waals surface area (Å²) in [4.78, 5) is 9.30. The SMILES string of the molecule is Cc1ccc(-c2nc(NC(C)(C)C)nc3c(Nc4cccc(COC5CCOC5)c4F)cnn23)o1. The fourth-order valence-electron chi connectivity index (χ4n) is 3.86. The maximum atomic E-state index is 15.3. The van der Waals surface area contributed by atoms with Gasteiger partial charge in [-0.2, -0.15) is 19.6 Å². The number of aromatic nitrogens is 4. The van der Waals surface area contributed by atoms with Crippen LogP contribution in [0.3, 0.4) is 0 Å². The molecule has 1 aliphatic rings. The number of anilines is 3. The number of nitrogens with one attached hydrogen (secondary N) is 2. The van der Waals surface area contributed by atoms with Crippen LogP contribution in [0, 0.1) is 12.7 Å². The van der Waals surface area contributed by atoms with Crippen LogP contribution in [0.5, 0.6) is 0 Å². The van der Waals surface area contributed by atoms with Gasteiger partial charge in [-0.15, -0.1) is 0 Å². The van der Waals surface area contributed by atoms with Crippen LogP contribution in [-0.2, 0) is 16.1 Å². The normalized spacial score (nSPS) is 16.2. The van der Waals surface area contributed by atoms with E-state index in [-0.39, 0.29) is 24.1 Å². The van der Waals surface area contributed by atoms with Crippen LogP contribution in [-0.4, -0.2) is 44.4 Å². The van der Waals surface area contributed by atoms with Gasteiger partial charge in [0.2, 0.25) is 11.8 Å². The van der Waals surface area contributed by atoms with Crippen LogP contribution in [0.15, 0.2) is 40.9 Å². The Balaban J connectivity index is 1.49. The third kappa shape index (κ3) is 5.13. The van der Waals surface area contributed by atoms with E-state index in [4.69, 9.17) is 13.9 Å². The van der Waals surface area contributed by atoms with Gasteiger partial charge in [0, 0.05) is 17.7 Å². The van der Waals surface area contributed by atoms with E-state index >= 15 is 4.39 Å². The Labute approximate surface area is 202 Å². The van der Waals surface area contributed by atoms with Gasteiger partial charge in [-0.3, -0.25) is 0 Å². The first-order valence-corrected chi connectivity index (χ1v) is 11.6. The molecule has 1 unspecified atom stereocenters. The van der Waals surface area contributed by atoms with Crippen LogP contribution >= 0.6 is 0 Å². The lowest BCUT2D eigenvalue weighted by atomic mass is 10.1. The van der Waals surface area contributed by atoms with E-state index in [0.29, 0.717) is 53.3 Å². The second-order valence-electron chi connectivity index (χ2n) is 9.65. The summed E-state index contributed by atoms with van der Waals surface area (Å²) in [6.07, 6.45) is 2.42. The Hall–Kier alpha value is -3.50. The zero-order valence-electron chi connectivity index (χ0n) is 20.3. The molecule has 0 amide bonds. The molecule has 1 aromatic carbocycles.